The molecule has 1 aliphatic rings. The van der Waals surface area contributed by atoms with Crippen LogP contribution in [0.2, 0.25) is 0 Å². The molecule has 0 bridgehead atoms. The van der Waals surface area contributed by atoms with Gasteiger partial charge in [0.2, 0.25) is 11.9 Å². The first kappa shape index (κ1) is 25.9. The monoisotopic (exact) mass is 530 g/mol. The predicted octanol–water partition coefficient (Wildman–Crippen LogP) is 2.30. The van der Waals surface area contributed by atoms with E-state index in [4.69, 9.17) is 5.11 Å². The van der Waals surface area contributed by atoms with Crippen LogP contribution >= 0.6 is 0 Å². The molecule has 1 aliphatic heterocycles. The minimum atomic E-state index is -0.402. The minimum absolute atomic E-state index is 0.110. The summed E-state index contributed by atoms with van der Waals surface area (Å²) in [7, 11) is 0. The molecular weight excluding hydrogens is 503 g/mol. The summed E-state index contributed by atoms with van der Waals surface area (Å²) >= 11 is 0. The van der Waals surface area contributed by atoms with Crippen LogP contribution in [0.15, 0.2) is 72.3 Å². The molecular formula is C27H27FN8O3. The summed E-state index contributed by atoms with van der Waals surface area (Å²) in [5, 5.41) is 15.0. The fourth-order valence-electron chi connectivity index (χ4n) is 4.41. The number of carbonyl (C=O) groups excluding carboxylic acids is 1. The molecule has 12 heteroatoms. The molecule has 4 aromatic rings. The lowest BCUT2D eigenvalue weighted by molar-refractivity contribution is -0.111. The van der Waals surface area contributed by atoms with E-state index >= 15 is 4.39 Å². The van der Waals surface area contributed by atoms with Crippen LogP contribution in [-0.2, 0) is 4.79 Å². The summed E-state index contributed by atoms with van der Waals surface area (Å²) in [4.78, 5) is 41.5. The van der Waals surface area contributed by atoms with Gasteiger partial charge in [-0.1, -0.05) is 12.6 Å². The molecule has 0 atom stereocenters. The highest BCUT2D eigenvalue weighted by Crippen LogP contribution is 2.26. The van der Waals surface area contributed by atoms with Crippen LogP contribution in [0.1, 0.15) is 0 Å². The van der Waals surface area contributed by atoms with Crippen LogP contribution in [0, 0.1) is 5.82 Å². The molecule has 3 N–H and O–H groups in total. The van der Waals surface area contributed by atoms with E-state index in [1.165, 1.54) is 24.5 Å². The van der Waals surface area contributed by atoms with Crippen molar-refractivity contribution < 1.29 is 14.3 Å². The smallest absolute Gasteiger partial charge is 0.248 e. The molecule has 1 saturated heterocycles. The number of halogens is 1. The topological polar surface area (TPSA) is 129 Å². The number of aliphatic hydroxyl groups excluding tert-OH is 1. The number of aromatic nitrogens is 4. The number of aliphatic hydroxyl groups is 1. The van der Waals surface area contributed by atoms with Gasteiger partial charge in [0.15, 0.2) is 11.1 Å². The number of fused-ring (bicyclic) bond motifs is 1. The third kappa shape index (κ3) is 5.76. The molecule has 0 aliphatic carbocycles. The predicted molar refractivity (Wildman–Crippen MR) is 147 cm³/mol. The Morgan fingerprint density at radius 3 is 2.69 bits per heavy atom. The number of hydrogen-bond donors (Lipinski definition) is 3. The van der Waals surface area contributed by atoms with Crippen molar-refractivity contribution in [2.24, 2.45) is 0 Å². The first-order chi connectivity index (χ1) is 18.9. The molecule has 3 aromatic heterocycles. The van der Waals surface area contributed by atoms with Gasteiger partial charge in [-0.25, -0.2) is 14.4 Å². The van der Waals surface area contributed by atoms with E-state index in [1.54, 1.807) is 34.9 Å². The molecule has 0 saturated carbocycles. The van der Waals surface area contributed by atoms with E-state index in [2.05, 4.69) is 37.1 Å². The van der Waals surface area contributed by atoms with Crippen LogP contribution in [0.25, 0.3) is 16.9 Å². The van der Waals surface area contributed by atoms with Crippen molar-refractivity contribution >= 4 is 40.1 Å². The van der Waals surface area contributed by atoms with E-state index in [1.807, 2.05) is 4.90 Å². The number of piperazine rings is 1. The van der Waals surface area contributed by atoms with Gasteiger partial charge < -0.3 is 20.6 Å². The summed E-state index contributed by atoms with van der Waals surface area (Å²) in [6.07, 6.45) is 4.09. The maximum atomic E-state index is 15.1. The number of carbonyl (C=O) groups is 1. The molecule has 0 spiro atoms. The Balaban J connectivity index is 1.40. The zero-order chi connectivity index (χ0) is 27.4. The molecule has 0 radical (unpaired) electrons. The Bertz CT molecular complexity index is 1580. The maximum absolute atomic E-state index is 15.1. The first-order valence-corrected chi connectivity index (χ1v) is 12.4. The van der Waals surface area contributed by atoms with E-state index in [9.17, 15) is 9.59 Å². The van der Waals surface area contributed by atoms with Gasteiger partial charge >= 0.3 is 0 Å². The number of amides is 1. The van der Waals surface area contributed by atoms with Gasteiger partial charge in [0.1, 0.15) is 17.5 Å². The summed E-state index contributed by atoms with van der Waals surface area (Å²) in [6.45, 7) is 7.01. The standard InChI is InChI=1S/C27H27FN8O3/c1-2-25(39)32-23-4-3-5-24(31-23)36-9-8-22(38)19-17-29-27(33-26(19)36)30-18-6-7-21(20(28)16-18)35-12-10-34(11-13-35)14-15-37/h2-9,16-17,37H,1,10-15H2,(H,29,30,33)(H,31,32,39). The highest BCUT2D eigenvalue weighted by atomic mass is 19.1. The molecule has 1 fully saturated rings. The average Bonchev–Trinajstić information content (AvgIpc) is 2.94. The largest absolute Gasteiger partial charge is 0.395 e. The van der Waals surface area contributed by atoms with Gasteiger partial charge in [-0.2, -0.15) is 4.98 Å². The van der Waals surface area contributed by atoms with Crippen molar-refractivity contribution in [1.29, 1.82) is 0 Å². The molecule has 0 unspecified atom stereocenters. The van der Waals surface area contributed by atoms with E-state index < -0.39 is 5.91 Å². The van der Waals surface area contributed by atoms with Gasteiger partial charge in [0.25, 0.3) is 0 Å². The highest BCUT2D eigenvalue weighted by Gasteiger charge is 2.19. The Labute approximate surface area is 223 Å². The van der Waals surface area contributed by atoms with Crippen molar-refractivity contribution in [2.45, 2.75) is 0 Å². The second-order valence-electron chi connectivity index (χ2n) is 8.90. The zero-order valence-corrected chi connectivity index (χ0v) is 21.0. The zero-order valence-electron chi connectivity index (χ0n) is 21.0. The van der Waals surface area contributed by atoms with Crippen molar-refractivity contribution in [3.05, 3.63) is 83.6 Å². The van der Waals surface area contributed by atoms with Crippen LogP contribution in [0.4, 0.5) is 27.5 Å². The van der Waals surface area contributed by atoms with Crippen molar-refractivity contribution in [3.63, 3.8) is 0 Å². The number of hydrogen-bond acceptors (Lipinski definition) is 9. The number of nitrogens with one attached hydrogen (secondary N) is 2. The quantitative estimate of drug-likeness (QED) is 0.294. The first-order valence-electron chi connectivity index (χ1n) is 12.4. The minimum Gasteiger partial charge on any atom is -0.395 e. The Kier molecular flexibility index (Phi) is 7.57. The summed E-state index contributed by atoms with van der Waals surface area (Å²) in [6, 6.07) is 11.3. The highest BCUT2D eigenvalue weighted by molar-refractivity contribution is 5.98. The normalized spacial score (nSPS) is 13.8. The van der Waals surface area contributed by atoms with E-state index in [0.717, 1.165) is 19.2 Å². The fraction of sp³-hybridized carbons (Fsp3) is 0.222. The summed E-state index contributed by atoms with van der Waals surface area (Å²) in [5.74, 6) is 0.113. The van der Waals surface area contributed by atoms with Gasteiger partial charge in [-0.3, -0.25) is 19.1 Å². The Hall–Kier alpha value is -4.68. The molecule has 200 valence electrons. The average molecular weight is 531 g/mol. The lowest BCUT2D eigenvalue weighted by atomic mass is 10.2. The lowest BCUT2D eigenvalue weighted by Gasteiger charge is -2.36. The fourth-order valence-corrected chi connectivity index (χ4v) is 4.41. The van der Waals surface area contributed by atoms with Gasteiger partial charge in [-0.15, -0.1) is 0 Å². The second-order valence-corrected chi connectivity index (χ2v) is 8.90. The van der Waals surface area contributed by atoms with Gasteiger partial charge in [0.05, 0.1) is 17.7 Å². The summed E-state index contributed by atoms with van der Waals surface area (Å²) in [5.41, 5.74) is 0.981. The number of nitrogens with zero attached hydrogens (tertiary/aromatic N) is 6. The van der Waals surface area contributed by atoms with Crippen molar-refractivity contribution in [3.8, 4) is 5.82 Å². The molecule has 39 heavy (non-hydrogen) atoms. The number of pyridine rings is 2. The molecule has 4 heterocycles. The number of rotatable bonds is 8. The van der Waals surface area contributed by atoms with Crippen LogP contribution < -0.4 is 21.0 Å². The van der Waals surface area contributed by atoms with Crippen molar-refractivity contribution in [2.75, 3.05) is 54.9 Å². The van der Waals surface area contributed by atoms with E-state index in [-0.39, 0.29) is 34.8 Å². The Morgan fingerprint density at radius 1 is 1.13 bits per heavy atom. The van der Waals surface area contributed by atoms with Crippen molar-refractivity contribution in [1.82, 2.24) is 24.4 Å². The summed E-state index contributed by atoms with van der Waals surface area (Å²) < 4.78 is 16.7. The van der Waals surface area contributed by atoms with Crippen LogP contribution in [-0.4, -0.2) is 74.8 Å². The third-order valence-electron chi connectivity index (χ3n) is 6.39. The van der Waals surface area contributed by atoms with Crippen LogP contribution in [0.5, 0.6) is 0 Å². The maximum Gasteiger partial charge on any atom is 0.248 e. The SMILES string of the molecule is C=CC(=O)Nc1cccc(-n2ccc(=O)c3cnc(Nc4ccc(N5CCN(CCO)CC5)c(F)c4)nc32)n1. The number of anilines is 4. The second kappa shape index (κ2) is 11.4. The molecule has 5 rings (SSSR count). The molecule has 1 aromatic carbocycles. The lowest BCUT2D eigenvalue weighted by Crippen LogP contribution is -2.47. The van der Waals surface area contributed by atoms with E-state index in [0.29, 0.717) is 42.6 Å². The molecule has 1 amide bonds. The van der Waals surface area contributed by atoms with Crippen LogP contribution in [0.3, 0.4) is 0 Å². The van der Waals surface area contributed by atoms with Gasteiger partial charge in [0, 0.05) is 56.9 Å². The number of benzene rings is 1. The third-order valence-corrected chi connectivity index (χ3v) is 6.39. The van der Waals surface area contributed by atoms with Gasteiger partial charge in [-0.05, 0) is 36.4 Å². The Morgan fingerprint density at radius 2 is 1.95 bits per heavy atom. The number of β-amino-alcohol motifs (C(OH)–C–C–N with tert-alkyl or cyclic N) is 1. The molecule has 11 nitrogen and oxygen atoms in total.